The van der Waals surface area contributed by atoms with Crippen molar-refractivity contribution in [1.82, 2.24) is 20.1 Å². The van der Waals surface area contributed by atoms with E-state index in [9.17, 15) is 4.79 Å². The molecule has 1 saturated heterocycles. The van der Waals surface area contributed by atoms with E-state index in [1.165, 1.54) is 6.42 Å². The number of nitrogens with zero attached hydrogens (tertiary/aromatic N) is 4. The zero-order chi connectivity index (χ0) is 15.2. The topological polar surface area (TPSA) is 68.2 Å². The Morgan fingerprint density at radius 2 is 1.91 bits per heavy atom. The van der Waals surface area contributed by atoms with Gasteiger partial charge in [-0.05, 0) is 37.5 Å². The molecule has 1 aliphatic heterocycles. The average molecular weight is 298 g/mol. The van der Waals surface area contributed by atoms with Gasteiger partial charge in [-0.25, -0.2) is 0 Å². The Hall–Kier alpha value is -2.50. The number of rotatable bonds is 4. The van der Waals surface area contributed by atoms with Crippen molar-refractivity contribution in [1.29, 1.82) is 0 Å². The normalized spacial score (nSPS) is 14.6. The number of hydrogen-bond acceptors (Lipinski definition) is 5. The number of aromatic nitrogens is 3. The summed E-state index contributed by atoms with van der Waals surface area (Å²) in [7, 11) is 0. The third-order valence-electron chi connectivity index (χ3n) is 3.62. The molecular weight excluding hydrogens is 280 g/mol. The van der Waals surface area contributed by atoms with Gasteiger partial charge in [-0.15, -0.1) is 10.2 Å². The number of ether oxygens (including phenoxy) is 1. The highest BCUT2D eigenvalue weighted by Crippen LogP contribution is 2.15. The maximum atomic E-state index is 12.0. The summed E-state index contributed by atoms with van der Waals surface area (Å²) < 4.78 is 5.43. The molecule has 0 unspecified atom stereocenters. The van der Waals surface area contributed by atoms with Gasteiger partial charge in [-0.3, -0.25) is 9.78 Å². The minimum Gasteiger partial charge on any atom is -0.466 e. The second-order valence-corrected chi connectivity index (χ2v) is 5.20. The molecule has 0 radical (unpaired) electrons. The molecule has 0 spiro atoms. The molecule has 1 fully saturated rings. The fourth-order valence-electron chi connectivity index (χ4n) is 2.42. The third kappa shape index (κ3) is 3.58. The van der Waals surface area contributed by atoms with Crippen LogP contribution in [0.2, 0.25) is 0 Å². The molecule has 3 rings (SSSR count). The second-order valence-electron chi connectivity index (χ2n) is 5.20. The molecule has 0 aromatic carbocycles. The van der Waals surface area contributed by atoms with Crippen molar-refractivity contribution in [2.75, 3.05) is 19.7 Å². The van der Waals surface area contributed by atoms with Crippen LogP contribution in [0.4, 0.5) is 0 Å². The van der Waals surface area contributed by atoms with Gasteiger partial charge >= 0.3 is 0 Å². The van der Waals surface area contributed by atoms with Crippen molar-refractivity contribution in [3.05, 3.63) is 36.5 Å². The van der Waals surface area contributed by atoms with Gasteiger partial charge in [0.25, 0.3) is 5.91 Å². The number of amides is 1. The average Bonchev–Trinajstić information content (AvgIpc) is 2.61. The van der Waals surface area contributed by atoms with Crippen LogP contribution in [0.3, 0.4) is 0 Å². The molecule has 0 N–H and O–H groups in total. The molecule has 6 nitrogen and oxygen atoms in total. The Morgan fingerprint density at radius 1 is 1.05 bits per heavy atom. The Balaban J connectivity index is 1.56. The van der Waals surface area contributed by atoms with E-state index in [4.69, 9.17) is 4.74 Å². The molecule has 1 amide bonds. The van der Waals surface area contributed by atoms with E-state index in [1.807, 2.05) is 23.1 Å². The van der Waals surface area contributed by atoms with Gasteiger partial charge in [0.2, 0.25) is 5.88 Å². The second kappa shape index (κ2) is 6.98. The number of carbonyl (C=O) groups excluding carboxylic acids is 1. The lowest BCUT2D eigenvalue weighted by Gasteiger charge is -2.26. The van der Waals surface area contributed by atoms with Crippen LogP contribution in [0.5, 0.6) is 5.88 Å². The molecule has 0 aliphatic carbocycles. The third-order valence-corrected chi connectivity index (χ3v) is 3.62. The molecular formula is C16H18N4O2. The molecule has 114 valence electrons. The summed E-state index contributed by atoms with van der Waals surface area (Å²) in [6.45, 7) is 1.66. The molecule has 0 saturated carbocycles. The van der Waals surface area contributed by atoms with E-state index in [-0.39, 0.29) is 12.5 Å². The van der Waals surface area contributed by atoms with Gasteiger partial charge in [0.15, 0.2) is 6.61 Å². The zero-order valence-corrected chi connectivity index (χ0v) is 12.3. The number of pyridine rings is 1. The first-order valence-corrected chi connectivity index (χ1v) is 7.48. The summed E-state index contributed by atoms with van der Waals surface area (Å²) in [4.78, 5) is 18.1. The van der Waals surface area contributed by atoms with Crippen LogP contribution < -0.4 is 4.74 Å². The maximum Gasteiger partial charge on any atom is 0.260 e. The van der Waals surface area contributed by atoms with E-state index in [0.717, 1.165) is 31.6 Å². The lowest BCUT2D eigenvalue weighted by atomic mass is 10.1. The van der Waals surface area contributed by atoms with Crippen LogP contribution in [-0.2, 0) is 4.79 Å². The summed E-state index contributed by atoms with van der Waals surface area (Å²) in [6, 6.07) is 9.10. The Labute approximate surface area is 129 Å². The van der Waals surface area contributed by atoms with Crippen molar-refractivity contribution >= 4 is 5.91 Å². The highest BCUT2D eigenvalue weighted by molar-refractivity contribution is 5.77. The highest BCUT2D eigenvalue weighted by atomic mass is 16.5. The Bertz CT molecular complexity index is 610. The van der Waals surface area contributed by atoms with E-state index in [2.05, 4.69) is 15.2 Å². The van der Waals surface area contributed by atoms with Crippen LogP contribution in [0.15, 0.2) is 36.5 Å². The predicted molar refractivity (Wildman–Crippen MR) is 81.2 cm³/mol. The van der Waals surface area contributed by atoms with E-state index >= 15 is 0 Å². The summed E-state index contributed by atoms with van der Waals surface area (Å²) in [5.74, 6) is 0.361. The SMILES string of the molecule is O=C(COc1ccc(-c2ccccn2)nn1)N1CCCCC1. The number of carbonyl (C=O) groups is 1. The number of likely N-dealkylation sites (tertiary alicyclic amines) is 1. The first-order chi connectivity index (χ1) is 10.8. The fraction of sp³-hybridized carbons (Fsp3) is 0.375. The highest BCUT2D eigenvalue weighted by Gasteiger charge is 2.17. The van der Waals surface area contributed by atoms with Crippen LogP contribution in [-0.4, -0.2) is 45.7 Å². The molecule has 1 aliphatic rings. The lowest BCUT2D eigenvalue weighted by Crippen LogP contribution is -2.38. The minimum absolute atomic E-state index is 0.00954. The minimum atomic E-state index is 0.00954. The molecule has 6 heteroatoms. The summed E-state index contributed by atoms with van der Waals surface area (Å²) in [5.41, 5.74) is 1.43. The lowest BCUT2D eigenvalue weighted by molar-refractivity contribution is -0.134. The Morgan fingerprint density at radius 3 is 2.59 bits per heavy atom. The van der Waals surface area contributed by atoms with Crippen LogP contribution in [0, 0.1) is 0 Å². The summed E-state index contributed by atoms with van der Waals surface area (Å²) in [6.07, 6.45) is 5.05. The molecule has 0 bridgehead atoms. The monoisotopic (exact) mass is 298 g/mol. The quantitative estimate of drug-likeness (QED) is 0.862. The zero-order valence-electron chi connectivity index (χ0n) is 12.3. The molecule has 0 atom stereocenters. The first kappa shape index (κ1) is 14.4. The molecule has 2 aromatic rings. The smallest absolute Gasteiger partial charge is 0.260 e. The summed E-state index contributed by atoms with van der Waals surface area (Å²) >= 11 is 0. The van der Waals surface area contributed by atoms with Gasteiger partial charge in [0.05, 0.1) is 5.69 Å². The largest absolute Gasteiger partial charge is 0.466 e. The standard InChI is InChI=1S/C16H18N4O2/c21-16(20-10-4-1-5-11-20)12-22-15-8-7-14(18-19-15)13-6-2-3-9-17-13/h2-3,6-9H,1,4-5,10-12H2. The Kier molecular flexibility index (Phi) is 4.58. The fourth-order valence-corrected chi connectivity index (χ4v) is 2.42. The number of piperidine rings is 1. The van der Waals surface area contributed by atoms with E-state index in [1.54, 1.807) is 18.3 Å². The number of hydrogen-bond donors (Lipinski definition) is 0. The van der Waals surface area contributed by atoms with Crippen molar-refractivity contribution in [3.63, 3.8) is 0 Å². The molecule has 2 aromatic heterocycles. The van der Waals surface area contributed by atoms with Gasteiger partial charge in [-0.2, -0.15) is 0 Å². The van der Waals surface area contributed by atoms with Crippen LogP contribution in [0.1, 0.15) is 19.3 Å². The molecule has 22 heavy (non-hydrogen) atoms. The predicted octanol–water partition coefficient (Wildman–Crippen LogP) is 1.93. The van der Waals surface area contributed by atoms with Crippen LogP contribution in [0.25, 0.3) is 11.4 Å². The van der Waals surface area contributed by atoms with Crippen molar-refractivity contribution in [2.24, 2.45) is 0 Å². The van der Waals surface area contributed by atoms with E-state index < -0.39 is 0 Å². The first-order valence-electron chi connectivity index (χ1n) is 7.48. The van der Waals surface area contributed by atoms with Gasteiger partial charge in [0, 0.05) is 25.4 Å². The molecule has 3 heterocycles. The van der Waals surface area contributed by atoms with Crippen molar-refractivity contribution in [2.45, 2.75) is 19.3 Å². The van der Waals surface area contributed by atoms with Gasteiger partial charge in [-0.1, -0.05) is 6.07 Å². The maximum absolute atomic E-state index is 12.0. The van der Waals surface area contributed by atoms with Crippen molar-refractivity contribution < 1.29 is 9.53 Å². The summed E-state index contributed by atoms with van der Waals surface area (Å²) in [5, 5.41) is 8.07. The van der Waals surface area contributed by atoms with Gasteiger partial charge in [0.1, 0.15) is 5.69 Å². The van der Waals surface area contributed by atoms with Crippen molar-refractivity contribution in [3.8, 4) is 17.3 Å². The van der Waals surface area contributed by atoms with E-state index in [0.29, 0.717) is 11.6 Å². The van der Waals surface area contributed by atoms with Gasteiger partial charge < -0.3 is 9.64 Å². The van der Waals surface area contributed by atoms with Crippen LogP contribution >= 0.6 is 0 Å².